The van der Waals surface area contributed by atoms with Crippen molar-refractivity contribution in [2.75, 3.05) is 19.8 Å². The monoisotopic (exact) mass is 644 g/mol. The number of carbonyl (C=O) groups is 1. The number of amides is 1. The molecule has 0 spiro atoms. The highest BCUT2D eigenvalue weighted by atomic mass is 16.5. The van der Waals surface area contributed by atoms with E-state index in [1.54, 1.807) is 30.3 Å². The van der Waals surface area contributed by atoms with Crippen molar-refractivity contribution in [3.8, 4) is 5.75 Å². The number of azide groups is 1. The Morgan fingerprint density at radius 1 is 0.958 bits per heavy atom. The average Bonchev–Trinajstić information content (AvgIpc) is 3.52. The Bertz CT molecular complexity index is 1720. The minimum atomic E-state index is -1.45. The summed E-state index contributed by atoms with van der Waals surface area (Å²) in [7, 11) is 0. The van der Waals surface area contributed by atoms with Crippen LogP contribution in [0.25, 0.3) is 16.5 Å². The van der Waals surface area contributed by atoms with Gasteiger partial charge in [0.25, 0.3) is 5.91 Å². The Balaban J connectivity index is 1.44. The van der Waals surface area contributed by atoms with E-state index in [2.05, 4.69) is 33.0 Å². The van der Waals surface area contributed by atoms with Gasteiger partial charge in [-0.05, 0) is 60.2 Å². The van der Waals surface area contributed by atoms with Crippen LogP contribution in [-0.2, 0) is 16.0 Å². The molecule has 48 heavy (non-hydrogen) atoms. The van der Waals surface area contributed by atoms with Gasteiger partial charge < -0.3 is 14.6 Å². The molecular weight excluding hydrogens is 604 g/mol. The minimum Gasteiger partial charge on any atom is -0.494 e. The Labute approximate surface area is 280 Å². The van der Waals surface area contributed by atoms with Crippen LogP contribution in [0.3, 0.4) is 0 Å². The van der Waals surface area contributed by atoms with Crippen LogP contribution in [0.2, 0.25) is 0 Å². The molecule has 0 aliphatic carbocycles. The smallest absolute Gasteiger partial charge is 0.266 e. The molecule has 0 radical (unpaired) electrons. The van der Waals surface area contributed by atoms with Gasteiger partial charge >= 0.3 is 0 Å². The summed E-state index contributed by atoms with van der Waals surface area (Å²) in [5.41, 5.74) is 17.8. The second kappa shape index (κ2) is 17.5. The number of hydrogen-bond donors (Lipinski definition) is 3. The molecule has 0 unspecified atom stereocenters. The number of aliphatic imine (C=N–C) groups is 1. The number of aryl methyl sites for hydroxylation is 1. The summed E-state index contributed by atoms with van der Waals surface area (Å²) in [5, 5.41) is 13.0. The van der Waals surface area contributed by atoms with Crippen LogP contribution in [0.1, 0.15) is 54.0 Å². The molecule has 1 heterocycles. The largest absolute Gasteiger partial charge is 0.494 e. The number of aliphatic hydroxyl groups is 1. The molecule has 10 nitrogen and oxygen atoms in total. The second-order valence-corrected chi connectivity index (χ2v) is 11.4. The van der Waals surface area contributed by atoms with Crippen LogP contribution in [0.15, 0.2) is 125 Å². The first-order valence-electron chi connectivity index (χ1n) is 16.2. The van der Waals surface area contributed by atoms with Crippen molar-refractivity contribution in [2.45, 2.75) is 43.7 Å². The summed E-state index contributed by atoms with van der Waals surface area (Å²) >= 11 is 0. The van der Waals surface area contributed by atoms with Gasteiger partial charge in [0, 0.05) is 47.7 Å². The average molecular weight is 645 g/mol. The Kier molecular flexibility index (Phi) is 12.4. The van der Waals surface area contributed by atoms with Gasteiger partial charge in [-0.2, -0.15) is 0 Å². The lowest BCUT2D eigenvalue weighted by Crippen LogP contribution is -2.52. The molecule has 0 saturated heterocycles. The standard InChI is InChI=1S/C38H40N6O4/c39-44-42-34-20-8-7-19-33(34)35-38(25-11-18-30-15-5-2-6-16-30,37(46)43-40-26-10-9-17-29-13-3-1-4-14-29)41-36(48-35)31-21-23-32(24-22-31)47-28-12-27-45/h1-8,11,13-16,18-24,35,40,45H,9-10,12,17,25-28H2,(H,43,46)/b18-11+/t35-,38-/m0/s1. The van der Waals surface area contributed by atoms with Crippen molar-refractivity contribution < 1.29 is 19.4 Å². The number of hydrogen-bond acceptors (Lipinski definition) is 7. The maximum absolute atomic E-state index is 14.4. The molecule has 4 aromatic carbocycles. The first-order chi connectivity index (χ1) is 23.6. The third-order valence-corrected chi connectivity index (χ3v) is 8.00. The second-order valence-electron chi connectivity index (χ2n) is 11.4. The van der Waals surface area contributed by atoms with E-state index in [9.17, 15) is 10.3 Å². The fraction of sp³-hybridized carbons (Fsp3) is 0.263. The zero-order chi connectivity index (χ0) is 33.4. The minimum absolute atomic E-state index is 0.0485. The van der Waals surface area contributed by atoms with Crippen molar-refractivity contribution in [2.24, 2.45) is 10.1 Å². The van der Waals surface area contributed by atoms with Crippen LogP contribution in [-0.4, -0.2) is 42.2 Å². The van der Waals surface area contributed by atoms with Gasteiger partial charge in [0.15, 0.2) is 11.6 Å². The van der Waals surface area contributed by atoms with Crippen molar-refractivity contribution in [3.63, 3.8) is 0 Å². The van der Waals surface area contributed by atoms with Crippen LogP contribution in [0, 0.1) is 0 Å². The van der Waals surface area contributed by atoms with Crippen LogP contribution in [0.4, 0.5) is 5.69 Å². The zero-order valence-corrected chi connectivity index (χ0v) is 26.7. The lowest BCUT2D eigenvalue weighted by molar-refractivity contribution is -0.129. The lowest BCUT2D eigenvalue weighted by Gasteiger charge is -2.30. The van der Waals surface area contributed by atoms with E-state index in [-0.39, 0.29) is 24.8 Å². The first-order valence-corrected chi connectivity index (χ1v) is 16.2. The number of unbranched alkanes of at least 4 members (excludes halogenated alkanes) is 1. The number of nitrogens with zero attached hydrogens (tertiary/aromatic N) is 4. The molecule has 0 fully saturated rings. The maximum atomic E-state index is 14.4. The van der Waals surface area contributed by atoms with Crippen molar-refractivity contribution in [1.29, 1.82) is 0 Å². The van der Waals surface area contributed by atoms with Gasteiger partial charge in [0.1, 0.15) is 5.75 Å². The summed E-state index contributed by atoms with van der Waals surface area (Å²) in [6, 6.07) is 34.5. The van der Waals surface area contributed by atoms with Gasteiger partial charge in [0.05, 0.1) is 6.61 Å². The molecule has 0 saturated carbocycles. The highest BCUT2D eigenvalue weighted by molar-refractivity contribution is 6.01. The SMILES string of the molecule is [N-]=[N+]=Nc1ccccc1[C@@H]1OC(c2ccc(OCCCO)cc2)=N[C@]1(C/C=C/c1ccccc1)C(=O)NNCCCCc1ccccc1. The van der Waals surface area contributed by atoms with Gasteiger partial charge in [0.2, 0.25) is 5.90 Å². The molecule has 2 atom stereocenters. The Hall–Kier alpha value is -5.41. The van der Waals surface area contributed by atoms with E-state index in [1.165, 1.54) is 5.56 Å². The van der Waals surface area contributed by atoms with Crippen molar-refractivity contribution in [3.05, 3.63) is 148 Å². The first kappa shape index (κ1) is 33.9. The van der Waals surface area contributed by atoms with E-state index < -0.39 is 11.6 Å². The molecular formula is C38H40N6O4. The third-order valence-electron chi connectivity index (χ3n) is 8.00. The normalized spacial score (nSPS) is 16.9. The number of rotatable bonds is 17. The number of carbonyl (C=O) groups excluding carboxylic acids is 1. The predicted octanol–water partition coefficient (Wildman–Crippen LogP) is 7.39. The van der Waals surface area contributed by atoms with E-state index in [0.717, 1.165) is 24.8 Å². The Morgan fingerprint density at radius 3 is 2.44 bits per heavy atom. The molecule has 5 rings (SSSR count). The topological polar surface area (TPSA) is 141 Å². The summed E-state index contributed by atoms with van der Waals surface area (Å²) in [5.74, 6) is 0.550. The molecule has 10 heteroatoms. The van der Waals surface area contributed by atoms with E-state index in [1.807, 2.05) is 78.9 Å². The molecule has 0 aromatic heterocycles. The predicted molar refractivity (Wildman–Crippen MR) is 188 cm³/mol. The maximum Gasteiger partial charge on any atom is 0.266 e. The number of hydrazine groups is 1. The van der Waals surface area contributed by atoms with E-state index >= 15 is 0 Å². The molecule has 1 amide bonds. The fourth-order valence-corrected chi connectivity index (χ4v) is 5.52. The molecule has 1 aliphatic heterocycles. The number of aliphatic hydroxyl groups excluding tert-OH is 1. The van der Waals surface area contributed by atoms with Crippen molar-refractivity contribution in [1.82, 2.24) is 10.9 Å². The van der Waals surface area contributed by atoms with Crippen LogP contribution < -0.4 is 15.6 Å². The fourth-order valence-electron chi connectivity index (χ4n) is 5.52. The summed E-state index contributed by atoms with van der Waals surface area (Å²) in [6.45, 7) is 1.01. The quantitative estimate of drug-likeness (QED) is 0.0361. The molecule has 1 aliphatic rings. The number of benzene rings is 4. The lowest BCUT2D eigenvalue weighted by atomic mass is 9.83. The summed E-state index contributed by atoms with van der Waals surface area (Å²) in [6.07, 6.45) is 6.47. The molecule has 246 valence electrons. The zero-order valence-electron chi connectivity index (χ0n) is 26.7. The number of nitrogens with one attached hydrogen (secondary N) is 2. The summed E-state index contributed by atoms with van der Waals surface area (Å²) < 4.78 is 12.3. The van der Waals surface area contributed by atoms with Crippen molar-refractivity contribution >= 4 is 23.6 Å². The molecule has 3 N–H and O–H groups in total. The summed E-state index contributed by atoms with van der Waals surface area (Å²) in [4.78, 5) is 22.4. The van der Waals surface area contributed by atoms with Gasteiger partial charge in [-0.15, -0.1) is 0 Å². The number of ether oxygens (including phenoxy) is 2. The van der Waals surface area contributed by atoms with E-state index in [4.69, 9.17) is 19.6 Å². The highest BCUT2D eigenvalue weighted by Crippen LogP contribution is 2.45. The molecule has 0 bridgehead atoms. The highest BCUT2D eigenvalue weighted by Gasteiger charge is 2.53. The van der Waals surface area contributed by atoms with Gasteiger partial charge in [-0.3, -0.25) is 10.2 Å². The third kappa shape index (κ3) is 8.89. The molecule has 4 aromatic rings. The van der Waals surface area contributed by atoms with Gasteiger partial charge in [-0.25, -0.2) is 10.4 Å². The van der Waals surface area contributed by atoms with Crippen LogP contribution >= 0.6 is 0 Å². The van der Waals surface area contributed by atoms with Crippen LogP contribution in [0.5, 0.6) is 5.75 Å². The van der Waals surface area contributed by atoms with E-state index in [0.29, 0.717) is 42.1 Å². The Morgan fingerprint density at radius 2 is 1.69 bits per heavy atom. The van der Waals surface area contributed by atoms with Gasteiger partial charge in [-0.1, -0.05) is 102 Å².